The van der Waals surface area contributed by atoms with Crippen LogP contribution in [0.25, 0.3) is 11.3 Å². The van der Waals surface area contributed by atoms with Crippen LogP contribution in [0.2, 0.25) is 0 Å². The summed E-state index contributed by atoms with van der Waals surface area (Å²) >= 11 is 0. The second-order valence-electron chi connectivity index (χ2n) is 3.51. The normalized spacial score (nSPS) is 10.5. The summed E-state index contributed by atoms with van der Waals surface area (Å²) in [5.74, 6) is -0.454. The lowest BCUT2D eigenvalue weighted by Gasteiger charge is -2.04. The van der Waals surface area contributed by atoms with Gasteiger partial charge in [-0.1, -0.05) is 0 Å². The zero-order chi connectivity index (χ0) is 12.3. The van der Waals surface area contributed by atoms with Gasteiger partial charge in [0, 0.05) is 11.8 Å². The summed E-state index contributed by atoms with van der Waals surface area (Å²) in [5.41, 5.74) is 0.520. The van der Waals surface area contributed by atoms with Crippen molar-refractivity contribution in [2.75, 3.05) is 7.05 Å². The van der Waals surface area contributed by atoms with E-state index in [2.05, 4.69) is 15.3 Å². The molecule has 0 fully saturated rings. The van der Waals surface area contributed by atoms with Gasteiger partial charge in [-0.3, -0.25) is 0 Å². The van der Waals surface area contributed by atoms with Gasteiger partial charge in [0.1, 0.15) is 17.5 Å². The molecule has 0 bridgehead atoms. The Morgan fingerprint density at radius 1 is 1.24 bits per heavy atom. The van der Waals surface area contributed by atoms with Crippen LogP contribution in [-0.4, -0.2) is 17.0 Å². The highest BCUT2D eigenvalue weighted by Crippen LogP contribution is 2.21. The molecule has 0 aliphatic heterocycles. The SMILES string of the molecule is CNCc1nccc(-c2cc(F)ccc2F)n1. The first-order valence-electron chi connectivity index (χ1n) is 5.12. The second kappa shape index (κ2) is 4.97. The fourth-order valence-corrected chi connectivity index (χ4v) is 1.49. The number of hydrogen-bond acceptors (Lipinski definition) is 3. The molecule has 1 N–H and O–H groups in total. The Labute approximate surface area is 97.5 Å². The first-order chi connectivity index (χ1) is 8.20. The van der Waals surface area contributed by atoms with Crippen LogP contribution >= 0.6 is 0 Å². The van der Waals surface area contributed by atoms with Crippen molar-refractivity contribution in [3.63, 3.8) is 0 Å². The Morgan fingerprint density at radius 3 is 2.82 bits per heavy atom. The van der Waals surface area contributed by atoms with Gasteiger partial charge in [0.2, 0.25) is 0 Å². The number of benzene rings is 1. The molecular formula is C12H11F2N3. The fraction of sp³-hybridized carbons (Fsp3) is 0.167. The van der Waals surface area contributed by atoms with Gasteiger partial charge >= 0.3 is 0 Å². The molecule has 88 valence electrons. The molecule has 1 aromatic carbocycles. The monoisotopic (exact) mass is 235 g/mol. The molecule has 0 unspecified atom stereocenters. The molecule has 0 saturated heterocycles. The largest absolute Gasteiger partial charge is 0.313 e. The van der Waals surface area contributed by atoms with Gasteiger partial charge in [0.25, 0.3) is 0 Å². The van der Waals surface area contributed by atoms with E-state index in [9.17, 15) is 8.78 Å². The van der Waals surface area contributed by atoms with Crippen LogP contribution in [0.1, 0.15) is 5.82 Å². The van der Waals surface area contributed by atoms with E-state index >= 15 is 0 Å². The van der Waals surface area contributed by atoms with E-state index in [4.69, 9.17) is 0 Å². The molecule has 0 radical (unpaired) electrons. The minimum atomic E-state index is -0.500. The molecular weight excluding hydrogens is 224 g/mol. The molecule has 2 aromatic rings. The lowest BCUT2D eigenvalue weighted by molar-refractivity contribution is 0.602. The van der Waals surface area contributed by atoms with E-state index in [1.54, 1.807) is 13.1 Å². The molecule has 0 aliphatic carbocycles. The van der Waals surface area contributed by atoms with Crippen molar-refractivity contribution in [2.24, 2.45) is 0 Å². The smallest absolute Gasteiger partial charge is 0.142 e. The summed E-state index contributed by atoms with van der Waals surface area (Å²) in [5, 5.41) is 2.90. The number of halogens is 2. The number of aromatic nitrogens is 2. The number of hydrogen-bond donors (Lipinski definition) is 1. The lowest BCUT2D eigenvalue weighted by atomic mass is 10.1. The van der Waals surface area contributed by atoms with E-state index in [0.29, 0.717) is 18.1 Å². The van der Waals surface area contributed by atoms with Gasteiger partial charge in [-0.25, -0.2) is 18.7 Å². The Kier molecular flexibility index (Phi) is 3.39. The van der Waals surface area contributed by atoms with E-state index < -0.39 is 11.6 Å². The zero-order valence-corrected chi connectivity index (χ0v) is 9.24. The first-order valence-corrected chi connectivity index (χ1v) is 5.12. The van der Waals surface area contributed by atoms with Gasteiger partial charge in [-0.2, -0.15) is 0 Å². The van der Waals surface area contributed by atoms with Crippen LogP contribution in [0.3, 0.4) is 0 Å². The Morgan fingerprint density at radius 2 is 2.06 bits per heavy atom. The lowest BCUT2D eigenvalue weighted by Crippen LogP contribution is -2.09. The second-order valence-corrected chi connectivity index (χ2v) is 3.51. The molecule has 3 nitrogen and oxygen atoms in total. The van der Waals surface area contributed by atoms with Gasteiger partial charge in [0.15, 0.2) is 0 Å². The Balaban J connectivity index is 2.45. The minimum absolute atomic E-state index is 0.143. The maximum atomic E-state index is 13.5. The van der Waals surface area contributed by atoms with Crippen molar-refractivity contribution in [1.82, 2.24) is 15.3 Å². The number of nitrogens with one attached hydrogen (secondary N) is 1. The minimum Gasteiger partial charge on any atom is -0.313 e. The zero-order valence-electron chi connectivity index (χ0n) is 9.24. The fourth-order valence-electron chi connectivity index (χ4n) is 1.49. The summed E-state index contributed by atoms with van der Waals surface area (Å²) in [7, 11) is 1.76. The molecule has 1 aromatic heterocycles. The highest BCUT2D eigenvalue weighted by Gasteiger charge is 2.08. The summed E-state index contributed by atoms with van der Waals surface area (Å²) < 4.78 is 26.6. The van der Waals surface area contributed by atoms with Gasteiger partial charge < -0.3 is 5.32 Å². The summed E-state index contributed by atoms with van der Waals surface area (Å²) in [4.78, 5) is 8.17. The van der Waals surface area contributed by atoms with Crippen molar-refractivity contribution in [3.8, 4) is 11.3 Å². The first kappa shape index (κ1) is 11.6. The van der Waals surface area contributed by atoms with Gasteiger partial charge in [0.05, 0.1) is 12.2 Å². The quantitative estimate of drug-likeness (QED) is 0.885. The van der Waals surface area contributed by atoms with Crippen molar-refractivity contribution >= 4 is 0 Å². The van der Waals surface area contributed by atoms with Crippen LogP contribution in [0.15, 0.2) is 30.5 Å². The molecule has 17 heavy (non-hydrogen) atoms. The highest BCUT2D eigenvalue weighted by atomic mass is 19.1. The molecule has 1 heterocycles. The van der Waals surface area contributed by atoms with E-state index in [-0.39, 0.29) is 5.56 Å². The van der Waals surface area contributed by atoms with Gasteiger partial charge in [-0.15, -0.1) is 0 Å². The molecule has 0 saturated carbocycles. The van der Waals surface area contributed by atoms with Crippen molar-refractivity contribution in [1.29, 1.82) is 0 Å². The number of rotatable bonds is 3. The maximum Gasteiger partial charge on any atom is 0.142 e. The van der Waals surface area contributed by atoms with Crippen molar-refractivity contribution in [2.45, 2.75) is 6.54 Å². The third kappa shape index (κ3) is 2.62. The average molecular weight is 235 g/mol. The molecule has 5 heteroatoms. The van der Waals surface area contributed by atoms with Crippen LogP contribution in [0.4, 0.5) is 8.78 Å². The highest BCUT2D eigenvalue weighted by molar-refractivity contribution is 5.59. The summed E-state index contributed by atoms with van der Waals surface area (Å²) in [6.45, 7) is 0.477. The van der Waals surface area contributed by atoms with Crippen LogP contribution in [-0.2, 0) is 6.54 Å². The molecule has 0 aliphatic rings. The standard InChI is InChI=1S/C12H11F2N3/c1-15-7-12-16-5-4-11(17-12)9-6-8(13)2-3-10(9)14/h2-6,15H,7H2,1H3. The third-order valence-corrected chi connectivity index (χ3v) is 2.24. The molecule has 0 atom stereocenters. The van der Waals surface area contributed by atoms with Gasteiger partial charge in [-0.05, 0) is 31.3 Å². The van der Waals surface area contributed by atoms with E-state index in [1.165, 1.54) is 6.20 Å². The van der Waals surface area contributed by atoms with Crippen LogP contribution in [0.5, 0.6) is 0 Å². The van der Waals surface area contributed by atoms with Crippen molar-refractivity contribution in [3.05, 3.63) is 47.9 Å². The predicted molar refractivity (Wildman–Crippen MR) is 60.1 cm³/mol. The van der Waals surface area contributed by atoms with Crippen LogP contribution < -0.4 is 5.32 Å². The number of nitrogens with zero attached hydrogens (tertiary/aromatic N) is 2. The molecule has 0 amide bonds. The molecule has 2 rings (SSSR count). The average Bonchev–Trinajstić information content (AvgIpc) is 2.33. The Hall–Kier alpha value is -1.88. The predicted octanol–water partition coefficient (Wildman–Crippen LogP) is 2.14. The third-order valence-electron chi connectivity index (χ3n) is 2.24. The van der Waals surface area contributed by atoms with E-state index in [0.717, 1.165) is 18.2 Å². The van der Waals surface area contributed by atoms with Crippen LogP contribution in [0, 0.1) is 11.6 Å². The summed E-state index contributed by atoms with van der Waals surface area (Å²) in [6.07, 6.45) is 1.53. The maximum absolute atomic E-state index is 13.5. The van der Waals surface area contributed by atoms with Crippen molar-refractivity contribution < 1.29 is 8.78 Å². The Bertz CT molecular complexity index is 529. The van der Waals surface area contributed by atoms with E-state index in [1.807, 2.05) is 0 Å². The molecule has 0 spiro atoms. The summed E-state index contributed by atoms with van der Waals surface area (Å²) in [6, 6.07) is 4.84. The topological polar surface area (TPSA) is 37.8 Å².